The fourth-order valence-corrected chi connectivity index (χ4v) is 1.90. The van der Waals surface area contributed by atoms with E-state index in [2.05, 4.69) is 5.32 Å². The molecule has 2 aromatic carbocycles. The van der Waals surface area contributed by atoms with Crippen molar-refractivity contribution in [3.05, 3.63) is 59.4 Å². The molecular formula is C16H16FNO3. The summed E-state index contributed by atoms with van der Waals surface area (Å²) in [4.78, 5) is 10.9. The lowest BCUT2D eigenvalue weighted by atomic mass is 10.1. The molecule has 0 bridgehead atoms. The van der Waals surface area contributed by atoms with Crippen molar-refractivity contribution in [2.45, 2.75) is 13.5 Å². The molecule has 0 saturated carbocycles. The summed E-state index contributed by atoms with van der Waals surface area (Å²) in [6.45, 7) is 2.85. The molecule has 21 heavy (non-hydrogen) atoms. The van der Waals surface area contributed by atoms with Gasteiger partial charge in [-0.3, -0.25) is 0 Å². The molecular weight excluding hydrogens is 273 g/mol. The molecule has 0 aliphatic rings. The van der Waals surface area contributed by atoms with Gasteiger partial charge in [0.1, 0.15) is 11.6 Å². The summed E-state index contributed by atoms with van der Waals surface area (Å²) < 4.78 is 19.0. The van der Waals surface area contributed by atoms with Gasteiger partial charge in [-0.2, -0.15) is 0 Å². The minimum absolute atomic E-state index is 0.0435. The van der Waals surface area contributed by atoms with Gasteiger partial charge in [0.15, 0.2) is 0 Å². The Bertz CT molecular complexity index is 643. The van der Waals surface area contributed by atoms with Crippen LogP contribution < -0.4 is 10.1 Å². The van der Waals surface area contributed by atoms with E-state index in [1.807, 2.05) is 31.2 Å². The minimum Gasteiger partial charge on any atom is -0.494 e. The van der Waals surface area contributed by atoms with Crippen molar-refractivity contribution < 1.29 is 19.0 Å². The Kier molecular flexibility index (Phi) is 4.77. The van der Waals surface area contributed by atoms with Crippen LogP contribution >= 0.6 is 0 Å². The van der Waals surface area contributed by atoms with E-state index >= 15 is 0 Å². The van der Waals surface area contributed by atoms with Crippen molar-refractivity contribution in [1.29, 1.82) is 0 Å². The van der Waals surface area contributed by atoms with Crippen molar-refractivity contribution in [3.8, 4) is 5.75 Å². The number of anilines is 1. The molecule has 2 rings (SSSR count). The van der Waals surface area contributed by atoms with Crippen LogP contribution in [-0.4, -0.2) is 17.7 Å². The van der Waals surface area contributed by atoms with Gasteiger partial charge in [0.25, 0.3) is 0 Å². The second kappa shape index (κ2) is 6.74. The van der Waals surface area contributed by atoms with E-state index in [0.29, 0.717) is 13.2 Å². The lowest BCUT2D eigenvalue weighted by Gasteiger charge is -2.10. The summed E-state index contributed by atoms with van der Waals surface area (Å²) in [5.74, 6) is -0.825. The fourth-order valence-electron chi connectivity index (χ4n) is 1.90. The second-order valence-electron chi connectivity index (χ2n) is 4.43. The van der Waals surface area contributed by atoms with Crippen LogP contribution in [0.5, 0.6) is 5.75 Å². The van der Waals surface area contributed by atoms with Gasteiger partial charge in [-0.1, -0.05) is 12.1 Å². The largest absolute Gasteiger partial charge is 0.494 e. The molecule has 0 heterocycles. The molecule has 0 fully saturated rings. The van der Waals surface area contributed by atoms with E-state index in [9.17, 15) is 9.18 Å². The third-order valence-corrected chi connectivity index (χ3v) is 2.91. The van der Waals surface area contributed by atoms with Crippen molar-refractivity contribution in [2.75, 3.05) is 11.9 Å². The van der Waals surface area contributed by atoms with Gasteiger partial charge in [0, 0.05) is 6.54 Å². The lowest BCUT2D eigenvalue weighted by molar-refractivity contribution is 0.0697. The Hall–Kier alpha value is -2.56. The molecule has 0 atom stereocenters. The molecule has 0 spiro atoms. The van der Waals surface area contributed by atoms with Crippen molar-refractivity contribution >= 4 is 11.7 Å². The third kappa shape index (κ3) is 3.95. The van der Waals surface area contributed by atoms with E-state index in [1.165, 1.54) is 12.1 Å². The van der Waals surface area contributed by atoms with Gasteiger partial charge in [0.05, 0.1) is 17.9 Å². The molecule has 0 amide bonds. The Morgan fingerprint density at radius 1 is 1.29 bits per heavy atom. The fraction of sp³-hybridized carbons (Fsp3) is 0.188. The smallest absolute Gasteiger partial charge is 0.335 e. The Morgan fingerprint density at radius 2 is 2.10 bits per heavy atom. The lowest BCUT2D eigenvalue weighted by Crippen LogP contribution is -2.04. The van der Waals surface area contributed by atoms with Crippen LogP contribution in [-0.2, 0) is 6.54 Å². The maximum Gasteiger partial charge on any atom is 0.335 e. The van der Waals surface area contributed by atoms with Crippen LogP contribution in [0.4, 0.5) is 10.1 Å². The molecule has 0 saturated heterocycles. The number of nitrogens with one attached hydrogen (secondary N) is 1. The highest BCUT2D eigenvalue weighted by Gasteiger charge is 2.08. The highest BCUT2D eigenvalue weighted by molar-refractivity contribution is 5.88. The molecule has 4 nitrogen and oxygen atoms in total. The highest BCUT2D eigenvalue weighted by Crippen LogP contribution is 2.19. The molecule has 110 valence electrons. The zero-order valence-electron chi connectivity index (χ0n) is 11.6. The van der Waals surface area contributed by atoms with Crippen LogP contribution in [0.3, 0.4) is 0 Å². The highest BCUT2D eigenvalue weighted by atomic mass is 19.1. The van der Waals surface area contributed by atoms with Crippen molar-refractivity contribution in [2.24, 2.45) is 0 Å². The molecule has 0 aliphatic heterocycles. The van der Waals surface area contributed by atoms with Crippen LogP contribution in [0.15, 0.2) is 42.5 Å². The normalized spacial score (nSPS) is 10.2. The van der Waals surface area contributed by atoms with E-state index in [-0.39, 0.29) is 11.3 Å². The number of carboxylic acids is 1. The molecule has 2 N–H and O–H groups in total. The number of rotatable bonds is 6. The van der Waals surface area contributed by atoms with Crippen LogP contribution in [0.25, 0.3) is 0 Å². The van der Waals surface area contributed by atoms with Gasteiger partial charge in [0.2, 0.25) is 0 Å². The number of halogens is 1. The zero-order chi connectivity index (χ0) is 15.2. The standard InChI is InChI=1S/C16H16FNO3/c1-2-21-13-5-3-4-11(8-13)10-18-15-9-12(16(19)20)6-7-14(15)17/h3-9,18H,2,10H2,1H3,(H,19,20). The molecule has 0 aliphatic carbocycles. The second-order valence-corrected chi connectivity index (χ2v) is 4.43. The summed E-state index contributed by atoms with van der Waals surface area (Å²) in [5, 5.41) is 11.8. The van der Waals surface area contributed by atoms with Crippen molar-refractivity contribution in [3.63, 3.8) is 0 Å². The van der Waals surface area contributed by atoms with Gasteiger partial charge in [-0.25, -0.2) is 9.18 Å². The topological polar surface area (TPSA) is 58.6 Å². The van der Waals surface area contributed by atoms with Gasteiger partial charge in [-0.15, -0.1) is 0 Å². The number of hydrogen-bond acceptors (Lipinski definition) is 3. The zero-order valence-corrected chi connectivity index (χ0v) is 11.6. The average Bonchev–Trinajstić information content (AvgIpc) is 2.47. The van der Waals surface area contributed by atoms with Crippen LogP contribution in [0, 0.1) is 5.82 Å². The Balaban J connectivity index is 2.10. The first kappa shape index (κ1) is 14.8. The predicted molar refractivity (Wildman–Crippen MR) is 78.3 cm³/mol. The van der Waals surface area contributed by atoms with Crippen molar-refractivity contribution in [1.82, 2.24) is 0 Å². The summed E-state index contributed by atoms with van der Waals surface area (Å²) in [7, 11) is 0. The summed E-state index contributed by atoms with van der Waals surface area (Å²) in [5.41, 5.74) is 1.12. The summed E-state index contributed by atoms with van der Waals surface area (Å²) >= 11 is 0. The quantitative estimate of drug-likeness (QED) is 0.854. The van der Waals surface area contributed by atoms with Gasteiger partial charge < -0.3 is 15.2 Å². The molecule has 0 radical (unpaired) electrons. The molecule has 2 aromatic rings. The van der Waals surface area contributed by atoms with E-state index < -0.39 is 11.8 Å². The number of aromatic carboxylic acids is 1. The van der Waals surface area contributed by atoms with Crippen LogP contribution in [0.2, 0.25) is 0 Å². The number of benzene rings is 2. The first-order valence-corrected chi connectivity index (χ1v) is 6.58. The SMILES string of the molecule is CCOc1cccc(CNc2cc(C(=O)O)ccc2F)c1. The first-order chi connectivity index (χ1) is 10.1. The van der Waals surface area contributed by atoms with E-state index in [0.717, 1.165) is 17.4 Å². The minimum atomic E-state index is -1.09. The van der Waals surface area contributed by atoms with Gasteiger partial charge >= 0.3 is 5.97 Å². The Morgan fingerprint density at radius 3 is 2.81 bits per heavy atom. The maximum atomic E-state index is 13.7. The monoisotopic (exact) mass is 289 g/mol. The van der Waals surface area contributed by atoms with Crippen LogP contribution in [0.1, 0.15) is 22.8 Å². The van der Waals surface area contributed by atoms with E-state index in [4.69, 9.17) is 9.84 Å². The predicted octanol–water partition coefficient (Wildman–Crippen LogP) is 3.53. The number of carbonyl (C=O) groups is 1. The first-order valence-electron chi connectivity index (χ1n) is 6.58. The van der Waals surface area contributed by atoms with Gasteiger partial charge in [-0.05, 0) is 42.8 Å². The summed E-state index contributed by atoms with van der Waals surface area (Å²) in [6, 6.07) is 11.1. The number of carboxylic acid groups (broad SMARTS) is 1. The number of ether oxygens (including phenoxy) is 1. The Labute approximate surface area is 122 Å². The van der Waals surface area contributed by atoms with E-state index in [1.54, 1.807) is 0 Å². The maximum absolute atomic E-state index is 13.7. The third-order valence-electron chi connectivity index (χ3n) is 2.91. The molecule has 0 unspecified atom stereocenters. The molecule has 5 heteroatoms. The summed E-state index contributed by atoms with van der Waals surface area (Å²) in [6.07, 6.45) is 0. The number of hydrogen-bond donors (Lipinski definition) is 2. The average molecular weight is 289 g/mol. The molecule has 0 aromatic heterocycles.